The van der Waals surface area contributed by atoms with E-state index in [1.807, 2.05) is 41.5 Å². The fourth-order valence-corrected chi connectivity index (χ4v) is 5.79. The number of benzene rings is 1. The molecule has 1 amide bonds. The molecule has 0 radical (unpaired) electrons. The third kappa shape index (κ3) is 3.36. The molecule has 0 bridgehead atoms. The molecule has 0 unspecified atom stereocenters. The molecule has 2 fully saturated rings. The first-order valence-electron chi connectivity index (χ1n) is 10.5. The van der Waals surface area contributed by atoms with E-state index >= 15 is 0 Å². The number of aliphatic hydroxyl groups excluding tert-OH is 1. The lowest BCUT2D eigenvalue weighted by Crippen LogP contribution is -2.32. The van der Waals surface area contributed by atoms with Crippen LogP contribution in [0.3, 0.4) is 0 Å². The molecule has 3 aromatic rings. The molecule has 1 aliphatic carbocycles. The zero-order valence-electron chi connectivity index (χ0n) is 17.0. The molecule has 1 aliphatic heterocycles. The van der Waals surface area contributed by atoms with Gasteiger partial charge >= 0.3 is 0 Å². The predicted molar refractivity (Wildman–Crippen MR) is 117 cm³/mol. The topological polar surface area (TPSA) is 75.4 Å². The Balaban J connectivity index is 1.34. The van der Waals surface area contributed by atoms with Crippen molar-refractivity contribution in [3.63, 3.8) is 0 Å². The number of nitrogens with zero attached hydrogens (tertiary/aromatic N) is 3. The van der Waals surface area contributed by atoms with Crippen LogP contribution in [0.5, 0.6) is 0 Å². The van der Waals surface area contributed by atoms with E-state index in [2.05, 4.69) is 4.98 Å². The van der Waals surface area contributed by atoms with Crippen LogP contribution < -0.4 is 5.56 Å². The second kappa shape index (κ2) is 7.63. The number of carbonyl (C=O) groups is 1. The van der Waals surface area contributed by atoms with Crippen LogP contribution in [0.25, 0.3) is 21.3 Å². The van der Waals surface area contributed by atoms with Gasteiger partial charge in [0.2, 0.25) is 5.91 Å². The van der Waals surface area contributed by atoms with Gasteiger partial charge in [0.05, 0.1) is 17.8 Å². The summed E-state index contributed by atoms with van der Waals surface area (Å²) in [4.78, 5) is 32.9. The highest BCUT2D eigenvalue weighted by Gasteiger charge is 2.43. The summed E-state index contributed by atoms with van der Waals surface area (Å²) in [5.74, 6) is 0.692. The Morgan fingerprint density at radius 2 is 2.03 bits per heavy atom. The van der Waals surface area contributed by atoms with Crippen molar-refractivity contribution in [3.8, 4) is 11.1 Å². The molecular formula is C23H25N3O3S. The number of hydrogen-bond acceptors (Lipinski definition) is 5. The minimum atomic E-state index is -0.277. The molecule has 156 valence electrons. The number of likely N-dealkylation sites (tertiary alicyclic amines) is 1. The zero-order valence-corrected chi connectivity index (χ0v) is 17.8. The molecule has 3 heterocycles. The molecule has 2 aliphatic rings. The van der Waals surface area contributed by atoms with Crippen LogP contribution in [-0.4, -0.2) is 44.7 Å². The van der Waals surface area contributed by atoms with Crippen LogP contribution in [-0.2, 0) is 11.3 Å². The van der Waals surface area contributed by atoms with E-state index in [-0.39, 0.29) is 29.9 Å². The van der Waals surface area contributed by atoms with Crippen LogP contribution in [0.2, 0.25) is 0 Å². The third-order valence-electron chi connectivity index (χ3n) is 6.66. The highest BCUT2D eigenvalue weighted by molar-refractivity contribution is 7.17. The van der Waals surface area contributed by atoms with E-state index in [0.717, 1.165) is 35.3 Å². The number of aromatic nitrogens is 2. The van der Waals surface area contributed by atoms with Crippen molar-refractivity contribution in [2.45, 2.75) is 38.8 Å². The summed E-state index contributed by atoms with van der Waals surface area (Å²) in [7, 11) is 0. The van der Waals surface area contributed by atoms with Gasteiger partial charge in [-0.2, -0.15) is 0 Å². The summed E-state index contributed by atoms with van der Waals surface area (Å²) in [5, 5.41) is 12.7. The van der Waals surface area contributed by atoms with Gasteiger partial charge in [-0.05, 0) is 31.2 Å². The van der Waals surface area contributed by atoms with Gasteiger partial charge in [-0.1, -0.05) is 29.8 Å². The Labute approximate surface area is 178 Å². The fraction of sp³-hybridized carbons (Fsp3) is 0.435. The van der Waals surface area contributed by atoms with E-state index in [1.165, 1.54) is 16.9 Å². The van der Waals surface area contributed by atoms with Crippen LogP contribution in [0, 0.1) is 18.8 Å². The van der Waals surface area contributed by atoms with Crippen LogP contribution in [0.15, 0.2) is 40.8 Å². The second-order valence-corrected chi connectivity index (χ2v) is 9.41. The lowest BCUT2D eigenvalue weighted by atomic mass is 10.00. The normalized spacial score (nSPS) is 23.3. The minimum Gasteiger partial charge on any atom is -0.393 e. The van der Waals surface area contributed by atoms with E-state index in [4.69, 9.17) is 0 Å². The Morgan fingerprint density at radius 3 is 2.80 bits per heavy atom. The average molecular weight is 424 g/mol. The summed E-state index contributed by atoms with van der Waals surface area (Å²) < 4.78 is 1.55. The highest BCUT2D eigenvalue weighted by Crippen LogP contribution is 2.38. The highest BCUT2D eigenvalue weighted by atomic mass is 32.1. The van der Waals surface area contributed by atoms with Gasteiger partial charge in [0, 0.05) is 42.9 Å². The van der Waals surface area contributed by atoms with Crippen LogP contribution in [0.4, 0.5) is 0 Å². The first-order valence-corrected chi connectivity index (χ1v) is 11.4. The molecule has 1 aromatic carbocycles. The number of aryl methyl sites for hydroxylation is 2. The largest absolute Gasteiger partial charge is 0.393 e. The number of fused-ring (bicyclic) bond motifs is 2. The molecule has 7 heteroatoms. The first kappa shape index (κ1) is 19.5. The standard InChI is InChI=1S/C23H25N3O3S/c1-14-2-4-15(5-3-14)18-12-30-22-21(18)23(29)25(13-24-22)9-8-20(28)26-10-16-6-7-19(27)17(16)11-26/h2-5,12-13,16-17,19,27H,6-11H2,1H3/t16-,17+,19+/m0/s1. The summed E-state index contributed by atoms with van der Waals surface area (Å²) >= 11 is 1.47. The molecule has 3 atom stereocenters. The molecule has 1 saturated heterocycles. The number of amides is 1. The quantitative estimate of drug-likeness (QED) is 0.700. The lowest BCUT2D eigenvalue weighted by Gasteiger charge is -2.18. The van der Waals surface area contributed by atoms with E-state index in [0.29, 0.717) is 24.4 Å². The van der Waals surface area contributed by atoms with E-state index in [9.17, 15) is 14.7 Å². The van der Waals surface area contributed by atoms with Gasteiger partial charge in [0.25, 0.3) is 5.56 Å². The predicted octanol–water partition coefficient (Wildman–Crippen LogP) is 3.05. The number of rotatable bonds is 4. The molecular weight excluding hydrogens is 398 g/mol. The zero-order chi connectivity index (χ0) is 20.8. The molecule has 5 rings (SSSR count). The second-order valence-electron chi connectivity index (χ2n) is 8.56. The van der Waals surface area contributed by atoms with E-state index < -0.39 is 0 Å². The summed E-state index contributed by atoms with van der Waals surface area (Å²) in [6.45, 7) is 3.72. The summed E-state index contributed by atoms with van der Waals surface area (Å²) in [5.41, 5.74) is 2.97. The number of hydrogen-bond donors (Lipinski definition) is 1. The van der Waals surface area contributed by atoms with Gasteiger partial charge < -0.3 is 10.0 Å². The molecule has 0 spiro atoms. The van der Waals surface area contributed by atoms with E-state index in [1.54, 1.807) is 10.9 Å². The third-order valence-corrected chi connectivity index (χ3v) is 7.55. The summed E-state index contributed by atoms with van der Waals surface area (Å²) in [6.07, 6.45) is 3.39. The maximum absolute atomic E-state index is 13.2. The molecule has 2 aromatic heterocycles. The van der Waals surface area contributed by atoms with Crippen molar-refractivity contribution in [1.82, 2.24) is 14.5 Å². The number of carbonyl (C=O) groups excluding carboxylic acids is 1. The van der Waals surface area contributed by atoms with Crippen molar-refractivity contribution in [2.75, 3.05) is 13.1 Å². The number of aliphatic hydroxyl groups is 1. The van der Waals surface area contributed by atoms with Gasteiger partial charge in [-0.3, -0.25) is 14.2 Å². The van der Waals surface area contributed by atoms with Crippen molar-refractivity contribution < 1.29 is 9.90 Å². The fourth-order valence-electron chi connectivity index (χ4n) is 4.89. The lowest BCUT2D eigenvalue weighted by molar-refractivity contribution is -0.130. The van der Waals surface area contributed by atoms with Crippen LogP contribution in [0.1, 0.15) is 24.8 Å². The Kier molecular flexibility index (Phi) is 4.95. The molecule has 1 saturated carbocycles. The summed E-state index contributed by atoms with van der Waals surface area (Å²) in [6, 6.07) is 8.12. The smallest absolute Gasteiger partial charge is 0.262 e. The maximum Gasteiger partial charge on any atom is 0.262 e. The minimum absolute atomic E-state index is 0.0488. The molecule has 6 nitrogen and oxygen atoms in total. The van der Waals surface area contributed by atoms with Gasteiger partial charge in [0.1, 0.15) is 4.83 Å². The monoisotopic (exact) mass is 423 g/mol. The van der Waals surface area contributed by atoms with Crippen molar-refractivity contribution in [2.24, 2.45) is 11.8 Å². The SMILES string of the molecule is Cc1ccc(-c2csc3ncn(CCC(=O)N4C[C@@H]5CC[C@@H](O)[C@@H]5C4)c(=O)c23)cc1. The Hall–Kier alpha value is -2.51. The first-order chi connectivity index (χ1) is 14.5. The number of thiophene rings is 1. The van der Waals surface area contributed by atoms with Crippen LogP contribution >= 0.6 is 11.3 Å². The maximum atomic E-state index is 13.2. The van der Waals surface area contributed by atoms with Crippen molar-refractivity contribution in [3.05, 3.63) is 51.9 Å². The van der Waals surface area contributed by atoms with Crippen molar-refractivity contribution >= 4 is 27.5 Å². The van der Waals surface area contributed by atoms with Gasteiger partial charge in [-0.25, -0.2) is 4.98 Å². The average Bonchev–Trinajstić information content (AvgIpc) is 3.44. The Morgan fingerprint density at radius 1 is 1.23 bits per heavy atom. The molecule has 30 heavy (non-hydrogen) atoms. The van der Waals surface area contributed by atoms with Crippen molar-refractivity contribution in [1.29, 1.82) is 0 Å². The van der Waals surface area contributed by atoms with Gasteiger partial charge in [-0.15, -0.1) is 11.3 Å². The Bertz CT molecular complexity index is 1150. The molecule has 1 N–H and O–H groups in total. The van der Waals surface area contributed by atoms with Gasteiger partial charge in [0.15, 0.2) is 0 Å².